The molecular formula is C25H21F4N7O2. The van der Waals surface area contributed by atoms with Gasteiger partial charge in [-0.05, 0) is 43.4 Å². The van der Waals surface area contributed by atoms with Crippen LogP contribution in [0.25, 0.3) is 21.8 Å². The minimum Gasteiger partial charge on any atom is -0.383 e. The molecule has 38 heavy (non-hydrogen) atoms. The monoisotopic (exact) mass is 527 g/mol. The Hall–Kier alpha value is -4.29. The lowest BCUT2D eigenvalue weighted by atomic mass is 9.44. The highest BCUT2D eigenvalue weighted by Gasteiger charge is 2.61. The molecule has 0 saturated heterocycles. The highest BCUT2D eigenvalue weighted by molar-refractivity contribution is 6.10. The van der Waals surface area contributed by atoms with Crippen LogP contribution >= 0.6 is 0 Å². The topological polar surface area (TPSA) is 119 Å². The second-order valence-electron chi connectivity index (χ2n) is 10.0. The Morgan fingerprint density at radius 1 is 1.18 bits per heavy atom. The molecule has 0 radical (unpaired) electrons. The van der Waals surface area contributed by atoms with Gasteiger partial charge >= 0.3 is 6.18 Å². The Morgan fingerprint density at radius 3 is 2.53 bits per heavy atom. The molecule has 7 rings (SSSR count). The van der Waals surface area contributed by atoms with E-state index in [0.29, 0.717) is 47.7 Å². The van der Waals surface area contributed by atoms with E-state index < -0.39 is 28.9 Å². The highest BCUT2D eigenvalue weighted by Crippen LogP contribution is 2.64. The van der Waals surface area contributed by atoms with Crippen LogP contribution in [0.15, 0.2) is 36.7 Å². The van der Waals surface area contributed by atoms with Gasteiger partial charge in [-0.2, -0.15) is 18.3 Å². The summed E-state index contributed by atoms with van der Waals surface area (Å²) in [6.45, 7) is -0.374. The lowest BCUT2D eigenvalue weighted by Gasteiger charge is -2.60. The van der Waals surface area contributed by atoms with Crippen molar-refractivity contribution < 1.29 is 27.2 Å². The maximum atomic E-state index is 15.3. The Bertz CT molecular complexity index is 1610. The summed E-state index contributed by atoms with van der Waals surface area (Å²) in [6, 6.07) is 4.32. The van der Waals surface area contributed by atoms with Crippen LogP contribution < -0.4 is 11.2 Å². The molecule has 0 spiro atoms. The number of alkyl halides is 3. The number of rotatable bonds is 4. The summed E-state index contributed by atoms with van der Waals surface area (Å²) in [5, 5.41) is 6.00. The van der Waals surface area contributed by atoms with E-state index in [1.165, 1.54) is 16.9 Å². The van der Waals surface area contributed by atoms with Crippen LogP contribution in [-0.2, 0) is 24.6 Å². The fourth-order valence-electron chi connectivity index (χ4n) is 5.30. The number of anilines is 1. The molecular weight excluding hydrogens is 506 g/mol. The quantitative estimate of drug-likeness (QED) is 0.308. The van der Waals surface area contributed by atoms with Crippen molar-refractivity contribution in [3.63, 3.8) is 0 Å². The van der Waals surface area contributed by atoms with E-state index in [1.54, 1.807) is 7.05 Å². The highest BCUT2D eigenvalue weighted by atomic mass is 19.4. The zero-order chi connectivity index (χ0) is 27.0. The van der Waals surface area contributed by atoms with Gasteiger partial charge in [0.05, 0.1) is 51.4 Å². The Balaban J connectivity index is 1.38. The summed E-state index contributed by atoms with van der Waals surface area (Å²) in [4.78, 5) is 34.7. The van der Waals surface area contributed by atoms with Gasteiger partial charge in [0.2, 0.25) is 5.91 Å². The van der Waals surface area contributed by atoms with E-state index in [-0.39, 0.29) is 35.0 Å². The molecule has 9 nitrogen and oxygen atoms in total. The number of carbonyl (C=O) groups excluding carboxylic acids is 2. The van der Waals surface area contributed by atoms with Crippen molar-refractivity contribution in [2.75, 3.05) is 5.73 Å². The number of fused-ring (bicyclic) bond motifs is 3. The van der Waals surface area contributed by atoms with Crippen molar-refractivity contribution in [2.24, 2.45) is 18.4 Å². The second-order valence-corrected chi connectivity index (χ2v) is 10.0. The fourth-order valence-corrected chi connectivity index (χ4v) is 5.30. The summed E-state index contributed by atoms with van der Waals surface area (Å²) in [5.41, 5.74) is 7.50. The number of hydrogen-bond donors (Lipinski definition) is 2. The van der Waals surface area contributed by atoms with Gasteiger partial charge < -0.3 is 5.73 Å². The number of amides is 2. The number of aryl methyl sites for hydroxylation is 1. The normalized spacial score (nSPS) is 20.2. The molecule has 3 N–H and O–H groups in total. The van der Waals surface area contributed by atoms with Crippen molar-refractivity contribution in [1.29, 1.82) is 0 Å². The zero-order valence-corrected chi connectivity index (χ0v) is 20.0. The summed E-state index contributed by atoms with van der Waals surface area (Å²) in [6.07, 6.45) is -0.316. The summed E-state index contributed by atoms with van der Waals surface area (Å²) in [5.74, 6) is -1.54. The summed E-state index contributed by atoms with van der Waals surface area (Å²) < 4.78 is 55.7. The average molecular weight is 527 g/mol. The number of carbonyl (C=O) groups is 2. The molecule has 0 unspecified atom stereocenters. The van der Waals surface area contributed by atoms with Crippen LogP contribution in [0.4, 0.5) is 23.4 Å². The van der Waals surface area contributed by atoms with Gasteiger partial charge in [-0.3, -0.25) is 24.7 Å². The molecule has 3 heterocycles. The number of nitrogens with two attached hydrogens (primary N) is 1. The molecule has 2 bridgehead atoms. The van der Waals surface area contributed by atoms with E-state index in [2.05, 4.69) is 20.5 Å². The first-order valence-electron chi connectivity index (χ1n) is 11.8. The summed E-state index contributed by atoms with van der Waals surface area (Å²) in [7, 11) is 1.67. The van der Waals surface area contributed by atoms with E-state index in [9.17, 15) is 22.8 Å². The van der Waals surface area contributed by atoms with E-state index >= 15 is 4.39 Å². The third-order valence-electron chi connectivity index (χ3n) is 7.50. The number of halogens is 4. The smallest absolute Gasteiger partial charge is 0.383 e. The number of nitrogens with one attached hydrogen (secondary N) is 1. The van der Waals surface area contributed by atoms with Crippen LogP contribution in [0.5, 0.6) is 0 Å². The number of hydrazine groups is 1. The first-order valence-corrected chi connectivity index (χ1v) is 11.8. The number of pyridine rings is 2. The third kappa shape index (κ3) is 3.72. The van der Waals surface area contributed by atoms with Crippen molar-refractivity contribution in [3.8, 4) is 0 Å². The first-order chi connectivity index (χ1) is 17.9. The lowest BCUT2D eigenvalue weighted by molar-refractivity contribution is -0.169. The van der Waals surface area contributed by atoms with Crippen LogP contribution in [0.1, 0.15) is 40.9 Å². The first kappa shape index (κ1) is 24.1. The molecule has 3 aliphatic carbocycles. The Kier molecular flexibility index (Phi) is 5.13. The third-order valence-corrected chi connectivity index (χ3v) is 7.50. The van der Waals surface area contributed by atoms with E-state index in [0.717, 1.165) is 23.2 Å². The molecule has 3 fully saturated rings. The minimum absolute atomic E-state index is 0.0777. The largest absolute Gasteiger partial charge is 0.417 e. The number of aromatic nitrogens is 4. The van der Waals surface area contributed by atoms with Crippen LogP contribution in [-0.4, -0.2) is 36.6 Å². The molecule has 196 valence electrons. The molecule has 3 saturated carbocycles. The molecule has 1 aromatic carbocycles. The van der Waals surface area contributed by atoms with Gasteiger partial charge in [0.1, 0.15) is 11.6 Å². The van der Waals surface area contributed by atoms with Crippen molar-refractivity contribution in [1.82, 2.24) is 30.2 Å². The predicted octanol–water partition coefficient (Wildman–Crippen LogP) is 3.73. The van der Waals surface area contributed by atoms with Gasteiger partial charge in [0.25, 0.3) is 5.91 Å². The predicted molar refractivity (Wildman–Crippen MR) is 127 cm³/mol. The molecule has 0 aliphatic heterocycles. The van der Waals surface area contributed by atoms with Gasteiger partial charge in [-0.1, -0.05) is 0 Å². The molecule has 2 amide bonds. The van der Waals surface area contributed by atoms with Crippen molar-refractivity contribution in [3.05, 3.63) is 59.3 Å². The maximum Gasteiger partial charge on any atom is 0.417 e. The van der Waals surface area contributed by atoms with Crippen LogP contribution in [0.3, 0.4) is 0 Å². The molecule has 3 aliphatic rings. The lowest BCUT2D eigenvalue weighted by Crippen LogP contribution is -2.63. The number of nitrogen functional groups attached to an aromatic ring is 1. The number of hydrogen-bond acceptors (Lipinski definition) is 6. The minimum atomic E-state index is -4.58. The fraction of sp³-hybridized carbons (Fsp3) is 0.320. The van der Waals surface area contributed by atoms with Gasteiger partial charge in [0.15, 0.2) is 0 Å². The SMILES string of the molecule is Cn1ncc2c(N)nc3cc(F)c(C(=O)N(Cc4ccc(C(F)(F)F)cn4)NC(=O)C45CC(C4)C5)cc3c21. The average Bonchev–Trinajstić information content (AvgIpc) is 3.18. The number of benzene rings is 1. The van der Waals surface area contributed by atoms with Gasteiger partial charge in [-0.25, -0.2) is 14.4 Å². The second kappa shape index (κ2) is 8.10. The Morgan fingerprint density at radius 2 is 1.92 bits per heavy atom. The molecule has 13 heteroatoms. The molecule has 3 aromatic heterocycles. The van der Waals surface area contributed by atoms with Gasteiger partial charge in [-0.15, -0.1) is 0 Å². The Labute approximate surface area is 212 Å². The molecule has 4 aromatic rings. The standard InChI is InChI=1S/C25H21F4N7O2/c1-35-20-16-4-15(18(26)5-19(16)33-21(30)17(20)10-32-35)22(37)36(34-23(38)24-6-12(7-24)8-24)11-14-3-2-13(9-31-14)25(27,28)29/h2-5,9-10,12H,6-8,11H2,1H3,(H2,30,33)(H,34,38). The van der Waals surface area contributed by atoms with E-state index in [4.69, 9.17) is 5.73 Å². The van der Waals surface area contributed by atoms with Crippen molar-refractivity contribution >= 4 is 39.4 Å². The zero-order valence-electron chi connectivity index (χ0n) is 20.0. The molecule has 0 atom stereocenters. The number of nitrogens with zero attached hydrogens (tertiary/aromatic N) is 5. The summed E-state index contributed by atoms with van der Waals surface area (Å²) >= 11 is 0. The maximum absolute atomic E-state index is 15.3. The van der Waals surface area contributed by atoms with Crippen LogP contribution in [0.2, 0.25) is 0 Å². The van der Waals surface area contributed by atoms with Crippen molar-refractivity contribution in [2.45, 2.75) is 32.0 Å². The van der Waals surface area contributed by atoms with Crippen LogP contribution in [0, 0.1) is 17.2 Å². The van der Waals surface area contributed by atoms with Gasteiger partial charge in [0, 0.05) is 24.7 Å². The van der Waals surface area contributed by atoms with E-state index in [1.807, 2.05) is 0 Å².